The van der Waals surface area contributed by atoms with Gasteiger partial charge in [0.05, 0.1) is 0 Å². The van der Waals surface area contributed by atoms with Crippen LogP contribution in [0.2, 0.25) is 0 Å². The summed E-state index contributed by atoms with van der Waals surface area (Å²) in [6.45, 7) is 0. The quantitative estimate of drug-likeness (QED) is 0.748. The molecule has 100 valence electrons. The lowest BCUT2D eigenvalue weighted by Crippen LogP contribution is -2.21. The van der Waals surface area contributed by atoms with Crippen LogP contribution in [0.25, 0.3) is 0 Å². The van der Waals surface area contributed by atoms with Crippen molar-refractivity contribution in [3.63, 3.8) is 0 Å². The summed E-state index contributed by atoms with van der Waals surface area (Å²) in [5, 5.41) is 5.96. The average Bonchev–Trinajstić information content (AvgIpc) is 2.51. The Hall–Kier alpha value is -2.62. The number of fused-ring (bicyclic) bond motifs is 2. The molecule has 0 aromatic heterocycles. The average molecular weight is 266 g/mol. The number of carbonyl (C=O) groups is 2. The Morgan fingerprint density at radius 3 is 1.40 bits per heavy atom. The van der Waals surface area contributed by atoms with Crippen LogP contribution >= 0.6 is 0 Å². The van der Waals surface area contributed by atoms with Crippen LogP contribution in [0.1, 0.15) is 31.8 Å². The van der Waals surface area contributed by atoms with Crippen LogP contribution in [0.4, 0.5) is 11.4 Å². The molecule has 2 aromatic rings. The van der Waals surface area contributed by atoms with Crippen molar-refractivity contribution >= 4 is 22.9 Å². The molecule has 4 nitrogen and oxygen atoms in total. The zero-order valence-electron chi connectivity index (χ0n) is 11.3. The number of nitrogens with one attached hydrogen (secondary N) is 2. The van der Waals surface area contributed by atoms with Crippen molar-refractivity contribution in [2.24, 2.45) is 0 Å². The molecular weight excluding hydrogens is 252 g/mol. The maximum Gasteiger partial charge on any atom is 0.194 e. The van der Waals surface area contributed by atoms with Crippen molar-refractivity contribution in [3.8, 4) is 0 Å². The fourth-order valence-corrected chi connectivity index (χ4v) is 2.46. The molecule has 2 aromatic carbocycles. The van der Waals surface area contributed by atoms with Gasteiger partial charge >= 0.3 is 0 Å². The first-order chi connectivity index (χ1) is 9.65. The van der Waals surface area contributed by atoms with Crippen molar-refractivity contribution in [1.82, 2.24) is 0 Å². The smallest absolute Gasteiger partial charge is 0.194 e. The van der Waals surface area contributed by atoms with Gasteiger partial charge in [0.1, 0.15) is 0 Å². The number of benzene rings is 2. The van der Waals surface area contributed by atoms with E-state index in [0.29, 0.717) is 22.3 Å². The predicted octanol–water partition coefficient (Wildman–Crippen LogP) is 2.55. The number of rotatable bonds is 2. The molecule has 0 atom stereocenters. The van der Waals surface area contributed by atoms with Crippen LogP contribution in [-0.4, -0.2) is 25.7 Å². The van der Waals surface area contributed by atoms with E-state index in [0.717, 1.165) is 11.4 Å². The minimum Gasteiger partial charge on any atom is -0.388 e. The Balaban J connectivity index is 2.22. The first-order valence-electron chi connectivity index (χ1n) is 6.38. The molecule has 20 heavy (non-hydrogen) atoms. The van der Waals surface area contributed by atoms with Gasteiger partial charge in [-0.2, -0.15) is 0 Å². The highest BCUT2D eigenvalue weighted by molar-refractivity contribution is 6.28. The van der Waals surface area contributed by atoms with Crippen LogP contribution in [0.5, 0.6) is 0 Å². The molecule has 0 saturated heterocycles. The van der Waals surface area contributed by atoms with Gasteiger partial charge in [-0.05, 0) is 36.4 Å². The Kier molecular flexibility index (Phi) is 2.79. The Morgan fingerprint density at radius 1 is 0.650 bits per heavy atom. The Bertz CT molecular complexity index is 672. The lowest BCUT2D eigenvalue weighted by atomic mass is 9.83. The van der Waals surface area contributed by atoms with E-state index >= 15 is 0 Å². The molecule has 4 heteroatoms. The van der Waals surface area contributed by atoms with Gasteiger partial charge in [-0.1, -0.05) is 0 Å². The van der Waals surface area contributed by atoms with Crippen molar-refractivity contribution in [1.29, 1.82) is 0 Å². The first-order valence-corrected chi connectivity index (χ1v) is 6.38. The number of hydrogen-bond acceptors (Lipinski definition) is 4. The highest BCUT2D eigenvalue weighted by atomic mass is 16.1. The molecule has 1 aliphatic carbocycles. The summed E-state index contributed by atoms with van der Waals surface area (Å²) in [6.07, 6.45) is 0. The van der Waals surface area contributed by atoms with Crippen molar-refractivity contribution < 1.29 is 9.59 Å². The third-order valence-corrected chi connectivity index (χ3v) is 3.59. The van der Waals surface area contributed by atoms with Crippen molar-refractivity contribution in [2.45, 2.75) is 0 Å². The summed E-state index contributed by atoms with van der Waals surface area (Å²) in [4.78, 5) is 25.0. The lowest BCUT2D eigenvalue weighted by Gasteiger charge is -2.19. The maximum atomic E-state index is 12.5. The first kappa shape index (κ1) is 12.4. The fraction of sp³-hybridized carbons (Fsp3) is 0.125. The van der Waals surface area contributed by atoms with Crippen LogP contribution in [0, 0.1) is 0 Å². The zero-order valence-corrected chi connectivity index (χ0v) is 11.3. The molecule has 0 saturated carbocycles. The van der Waals surface area contributed by atoms with Gasteiger partial charge in [-0.15, -0.1) is 0 Å². The van der Waals surface area contributed by atoms with E-state index < -0.39 is 0 Å². The van der Waals surface area contributed by atoms with Crippen LogP contribution in [0.3, 0.4) is 0 Å². The molecule has 0 radical (unpaired) electrons. The third kappa shape index (κ3) is 1.69. The number of anilines is 2. The molecule has 0 fully saturated rings. The standard InChI is InChI=1S/C16H14N2O2/c1-17-9-3-5-11-13(7-9)15(19)12-6-4-10(18-2)8-14(12)16(11)20/h3-8,17-18H,1-2H3. The molecule has 0 aliphatic heterocycles. The van der Waals surface area contributed by atoms with Gasteiger partial charge in [0.25, 0.3) is 0 Å². The van der Waals surface area contributed by atoms with E-state index in [1.807, 2.05) is 0 Å². The van der Waals surface area contributed by atoms with Gasteiger partial charge in [0.15, 0.2) is 11.6 Å². The summed E-state index contributed by atoms with van der Waals surface area (Å²) in [5.41, 5.74) is 3.50. The molecule has 0 unspecified atom stereocenters. The molecule has 1 aliphatic rings. The SMILES string of the molecule is CNc1ccc2c(c1)C(=O)c1ccc(NC)cc1C2=O. The van der Waals surface area contributed by atoms with Gasteiger partial charge in [0, 0.05) is 47.7 Å². The van der Waals surface area contributed by atoms with Crippen LogP contribution in [0.15, 0.2) is 36.4 Å². The zero-order chi connectivity index (χ0) is 14.3. The van der Waals surface area contributed by atoms with Crippen LogP contribution in [-0.2, 0) is 0 Å². The monoisotopic (exact) mass is 266 g/mol. The van der Waals surface area contributed by atoms with Crippen LogP contribution < -0.4 is 10.6 Å². The third-order valence-electron chi connectivity index (χ3n) is 3.59. The minimum absolute atomic E-state index is 0.102. The summed E-state index contributed by atoms with van der Waals surface area (Å²) >= 11 is 0. The van der Waals surface area contributed by atoms with E-state index in [1.54, 1.807) is 50.5 Å². The second kappa shape index (κ2) is 4.49. The molecule has 3 rings (SSSR count). The molecule has 0 spiro atoms. The van der Waals surface area contributed by atoms with E-state index in [9.17, 15) is 9.59 Å². The van der Waals surface area contributed by atoms with E-state index in [1.165, 1.54) is 0 Å². The van der Waals surface area contributed by atoms with Crippen molar-refractivity contribution in [3.05, 3.63) is 58.7 Å². The number of ketones is 2. The van der Waals surface area contributed by atoms with Gasteiger partial charge < -0.3 is 10.6 Å². The minimum atomic E-state index is -0.102. The Labute approximate surface area is 116 Å². The summed E-state index contributed by atoms with van der Waals surface area (Å²) in [5.74, 6) is -0.205. The molecular formula is C16H14N2O2. The maximum absolute atomic E-state index is 12.5. The summed E-state index contributed by atoms with van der Waals surface area (Å²) in [6, 6.07) is 10.5. The molecule has 0 bridgehead atoms. The van der Waals surface area contributed by atoms with E-state index in [2.05, 4.69) is 10.6 Å². The van der Waals surface area contributed by atoms with Gasteiger partial charge in [-0.3, -0.25) is 9.59 Å². The number of hydrogen-bond donors (Lipinski definition) is 2. The van der Waals surface area contributed by atoms with Crippen molar-refractivity contribution in [2.75, 3.05) is 24.7 Å². The highest BCUT2D eigenvalue weighted by Gasteiger charge is 2.29. The van der Waals surface area contributed by atoms with Gasteiger partial charge in [-0.25, -0.2) is 0 Å². The highest BCUT2D eigenvalue weighted by Crippen LogP contribution is 2.30. The second-order valence-corrected chi connectivity index (χ2v) is 4.68. The topological polar surface area (TPSA) is 58.2 Å². The number of carbonyl (C=O) groups excluding carboxylic acids is 2. The Morgan fingerprint density at radius 2 is 1.05 bits per heavy atom. The predicted molar refractivity (Wildman–Crippen MR) is 78.8 cm³/mol. The molecule has 0 heterocycles. The fourth-order valence-electron chi connectivity index (χ4n) is 2.46. The molecule has 2 N–H and O–H groups in total. The van der Waals surface area contributed by atoms with E-state index in [4.69, 9.17) is 0 Å². The second-order valence-electron chi connectivity index (χ2n) is 4.68. The largest absolute Gasteiger partial charge is 0.388 e. The summed E-state index contributed by atoms with van der Waals surface area (Å²) in [7, 11) is 3.56. The lowest BCUT2D eigenvalue weighted by molar-refractivity contribution is 0.0979. The van der Waals surface area contributed by atoms with Gasteiger partial charge in [0.2, 0.25) is 0 Å². The summed E-state index contributed by atoms with van der Waals surface area (Å²) < 4.78 is 0. The normalized spacial score (nSPS) is 12.7. The molecule has 0 amide bonds. The van der Waals surface area contributed by atoms with E-state index in [-0.39, 0.29) is 11.6 Å².